The van der Waals surface area contributed by atoms with E-state index in [1.807, 2.05) is 20.8 Å². The second-order valence-corrected chi connectivity index (χ2v) is 4.62. The summed E-state index contributed by atoms with van der Waals surface area (Å²) in [6, 6.07) is 0. The van der Waals surface area contributed by atoms with Gasteiger partial charge in [0.25, 0.3) is 0 Å². The number of rotatable bonds is 10. The van der Waals surface area contributed by atoms with Gasteiger partial charge in [-0.25, -0.2) is 0 Å². The zero-order valence-electron chi connectivity index (χ0n) is 9.85. The molecule has 1 atom stereocenters. The second kappa shape index (κ2) is 11.7. The molecule has 83 valence electrons. The van der Waals surface area contributed by atoms with Crippen LogP contribution >= 0.6 is 0 Å². The summed E-state index contributed by atoms with van der Waals surface area (Å²) in [6.45, 7) is 5.50. The molecule has 0 heterocycles. The monoisotopic (exact) mass is 233 g/mol. The first-order chi connectivity index (χ1) is 6.85. The quantitative estimate of drug-likeness (QED) is 0.405. The van der Waals surface area contributed by atoms with Gasteiger partial charge < -0.3 is 0 Å². The van der Waals surface area contributed by atoms with E-state index >= 15 is 0 Å². The van der Waals surface area contributed by atoms with Crippen molar-refractivity contribution in [1.82, 2.24) is 0 Å². The van der Waals surface area contributed by atoms with Crippen LogP contribution in [0.3, 0.4) is 0 Å². The van der Waals surface area contributed by atoms with Crippen LogP contribution in [0.4, 0.5) is 0 Å². The van der Waals surface area contributed by atoms with Gasteiger partial charge in [0.1, 0.15) is 0 Å². The van der Waals surface area contributed by atoms with E-state index in [-0.39, 0.29) is 0 Å². The fourth-order valence-electron chi connectivity index (χ4n) is 1.78. The van der Waals surface area contributed by atoms with Crippen molar-refractivity contribution in [2.45, 2.75) is 65.2 Å². The Morgan fingerprint density at radius 3 is 2.14 bits per heavy atom. The third-order valence-corrected chi connectivity index (χ3v) is 3.01. The standard InChI is InChI=1S/C12H25O.Ti/c1-3-5-7-8-10-12(11-13)9-6-4-2;/h12H,3-11H2,1-2H3;/q-1;+1. The Kier molecular flexibility index (Phi) is 12.3. The van der Waals surface area contributed by atoms with Crippen LogP contribution in [-0.2, 0) is 24.1 Å². The Labute approximate surface area is 102 Å². The van der Waals surface area contributed by atoms with Gasteiger partial charge in [-0.1, -0.05) is 0 Å². The molecule has 2 heteroatoms. The van der Waals surface area contributed by atoms with Crippen molar-refractivity contribution in [3.8, 4) is 0 Å². The molecule has 0 aromatic rings. The summed E-state index contributed by atoms with van der Waals surface area (Å²) in [5, 5.41) is 0. The van der Waals surface area contributed by atoms with Gasteiger partial charge in [-0.15, -0.1) is 0 Å². The molecule has 0 aromatic heterocycles. The van der Waals surface area contributed by atoms with Crippen LogP contribution in [0.25, 0.3) is 0 Å². The molecule has 0 aliphatic rings. The Morgan fingerprint density at radius 1 is 0.929 bits per heavy atom. The molecule has 1 nitrogen and oxygen atoms in total. The average Bonchev–Trinajstić information content (AvgIpc) is 2.20. The van der Waals surface area contributed by atoms with Crippen LogP contribution in [-0.4, -0.2) is 6.61 Å². The van der Waals surface area contributed by atoms with E-state index in [2.05, 4.69) is 13.8 Å². The van der Waals surface area contributed by atoms with Crippen LogP contribution in [0.15, 0.2) is 0 Å². The first-order valence-electron chi connectivity index (χ1n) is 6.13. The molecule has 14 heavy (non-hydrogen) atoms. The average molecular weight is 233 g/mol. The molecule has 0 aliphatic carbocycles. The van der Waals surface area contributed by atoms with E-state index in [9.17, 15) is 0 Å². The summed E-state index contributed by atoms with van der Waals surface area (Å²) in [5.74, 6) is 0.816. The van der Waals surface area contributed by atoms with Crippen molar-refractivity contribution in [1.29, 1.82) is 0 Å². The molecule has 0 spiro atoms. The van der Waals surface area contributed by atoms with Gasteiger partial charge in [0.2, 0.25) is 0 Å². The van der Waals surface area contributed by atoms with Crippen LogP contribution in [0.5, 0.6) is 0 Å². The first kappa shape index (κ1) is 14.7. The van der Waals surface area contributed by atoms with Crippen molar-refractivity contribution >= 4 is 0 Å². The van der Waals surface area contributed by atoms with Crippen molar-refractivity contribution < 1.29 is 24.1 Å². The molecule has 0 saturated heterocycles. The van der Waals surface area contributed by atoms with Gasteiger partial charge >= 0.3 is 102 Å². The molecule has 0 radical (unpaired) electrons. The summed E-state index contributed by atoms with van der Waals surface area (Å²) in [6.07, 6.45) is 10.9. The third kappa shape index (κ3) is 9.24. The predicted molar refractivity (Wildman–Crippen MR) is 57.7 cm³/mol. The van der Waals surface area contributed by atoms with Gasteiger partial charge in [0.05, 0.1) is 0 Å². The molecule has 0 N–H and O–H groups in total. The number of hydrogen-bond acceptors (Lipinski definition) is 1. The zero-order chi connectivity index (χ0) is 10.6. The summed E-state index contributed by atoms with van der Waals surface area (Å²) in [4.78, 5) is 0. The minimum atomic E-state index is 0.816. The van der Waals surface area contributed by atoms with E-state index in [1.165, 1.54) is 51.4 Å². The van der Waals surface area contributed by atoms with E-state index in [0.29, 0.717) is 0 Å². The molecule has 0 aromatic carbocycles. The summed E-state index contributed by atoms with van der Waals surface area (Å²) in [5.41, 5.74) is 0. The van der Waals surface area contributed by atoms with E-state index in [4.69, 9.17) is 3.32 Å². The zero-order valence-corrected chi connectivity index (χ0v) is 11.4. The SMILES string of the molecule is CCCCCCC(CCCC)C[O][Ti]. The first-order valence-corrected chi connectivity index (χ1v) is 6.77. The Hall–Kier alpha value is 0.674. The molecule has 0 bridgehead atoms. The molecule has 0 fully saturated rings. The topological polar surface area (TPSA) is 9.23 Å². The number of hydrogen-bond donors (Lipinski definition) is 0. The van der Waals surface area contributed by atoms with E-state index < -0.39 is 0 Å². The molecule has 0 amide bonds. The summed E-state index contributed by atoms with van der Waals surface area (Å²) in [7, 11) is 0. The van der Waals surface area contributed by atoms with Crippen molar-refractivity contribution in [2.75, 3.05) is 6.61 Å². The van der Waals surface area contributed by atoms with Gasteiger partial charge in [-0.05, 0) is 0 Å². The van der Waals surface area contributed by atoms with Crippen LogP contribution in [0, 0.1) is 5.92 Å². The van der Waals surface area contributed by atoms with Gasteiger partial charge in [0.15, 0.2) is 0 Å². The molecule has 1 unspecified atom stereocenters. The Bertz CT molecular complexity index is 106. The van der Waals surface area contributed by atoms with Crippen LogP contribution in [0.2, 0.25) is 0 Å². The van der Waals surface area contributed by atoms with E-state index in [0.717, 1.165) is 12.5 Å². The molecule has 0 saturated carbocycles. The second-order valence-electron chi connectivity index (χ2n) is 4.17. The summed E-state index contributed by atoms with van der Waals surface area (Å²) >= 11 is 1.82. The van der Waals surface area contributed by atoms with Crippen molar-refractivity contribution in [3.05, 3.63) is 0 Å². The minimum absolute atomic E-state index is 0.816. The van der Waals surface area contributed by atoms with Gasteiger partial charge in [-0.2, -0.15) is 0 Å². The predicted octanol–water partition coefficient (Wildman–Crippen LogP) is 4.24. The molecular formula is C12H25OTi. The fraction of sp³-hybridized carbons (Fsp3) is 1.00. The molecular weight excluding hydrogens is 208 g/mol. The molecule has 0 rings (SSSR count). The van der Waals surface area contributed by atoms with Gasteiger partial charge in [-0.3, -0.25) is 0 Å². The van der Waals surface area contributed by atoms with Crippen molar-refractivity contribution in [3.63, 3.8) is 0 Å². The van der Waals surface area contributed by atoms with Crippen molar-refractivity contribution in [2.24, 2.45) is 5.92 Å². The van der Waals surface area contributed by atoms with Crippen LogP contribution < -0.4 is 0 Å². The Balaban J connectivity index is 3.40. The summed E-state index contributed by atoms with van der Waals surface area (Å²) < 4.78 is 5.26. The van der Waals surface area contributed by atoms with Crippen LogP contribution in [0.1, 0.15) is 65.2 Å². The maximum absolute atomic E-state index is 5.26. The fourth-order valence-corrected chi connectivity index (χ4v) is 2.15. The molecule has 0 aliphatic heterocycles. The van der Waals surface area contributed by atoms with E-state index in [1.54, 1.807) is 0 Å². The Morgan fingerprint density at radius 2 is 1.57 bits per heavy atom. The maximum atomic E-state index is 5.26. The number of unbranched alkanes of at least 4 members (excludes halogenated alkanes) is 4. The normalized spacial score (nSPS) is 12.9. The van der Waals surface area contributed by atoms with Gasteiger partial charge in [0, 0.05) is 0 Å². The third-order valence-electron chi connectivity index (χ3n) is 2.75.